The van der Waals surface area contributed by atoms with Crippen molar-refractivity contribution in [2.75, 3.05) is 12.8 Å². The van der Waals surface area contributed by atoms with Crippen LogP contribution in [0.15, 0.2) is 36.4 Å². The van der Waals surface area contributed by atoms with E-state index < -0.39 is 11.8 Å². The molecule has 0 aromatic heterocycles. The summed E-state index contributed by atoms with van der Waals surface area (Å²) in [6.45, 7) is 3.40. The van der Waals surface area contributed by atoms with Gasteiger partial charge in [0.1, 0.15) is 0 Å². The van der Waals surface area contributed by atoms with Crippen LogP contribution in [0.4, 0.5) is 5.69 Å². The van der Waals surface area contributed by atoms with Gasteiger partial charge in [-0.15, -0.1) is 0 Å². The molecule has 6 nitrogen and oxygen atoms in total. The second kappa shape index (κ2) is 7.04. The zero-order chi connectivity index (χ0) is 17.9. The fourth-order valence-corrected chi connectivity index (χ4v) is 2.22. The number of phenols is 1. The number of ether oxygens (including phenoxy) is 2. The summed E-state index contributed by atoms with van der Waals surface area (Å²) < 4.78 is 10.2. The highest BCUT2D eigenvalue weighted by Gasteiger charge is 2.24. The lowest BCUT2D eigenvalue weighted by Gasteiger charge is -2.14. The summed E-state index contributed by atoms with van der Waals surface area (Å²) in [6, 6.07) is 8.97. The Morgan fingerprint density at radius 2 is 1.75 bits per heavy atom. The lowest BCUT2D eigenvalue weighted by atomic mass is 9.96. The van der Waals surface area contributed by atoms with Crippen molar-refractivity contribution in [3.63, 3.8) is 0 Å². The molecule has 0 spiro atoms. The van der Waals surface area contributed by atoms with Crippen molar-refractivity contribution in [2.45, 2.75) is 20.0 Å². The van der Waals surface area contributed by atoms with Crippen LogP contribution in [0.1, 0.15) is 40.1 Å². The van der Waals surface area contributed by atoms with E-state index in [1.54, 1.807) is 38.1 Å². The molecule has 0 unspecified atom stereocenters. The second-order valence-corrected chi connectivity index (χ2v) is 5.44. The van der Waals surface area contributed by atoms with Gasteiger partial charge in [-0.2, -0.15) is 0 Å². The Balaban J connectivity index is 2.59. The summed E-state index contributed by atoms with van der Waals surface area (Å²) in [7, 11) is 1.35. The first-order chi connectivity index (χ1) is 11.3. The molecule has 0 amide bonds. The first-order valence-corrected chi connectivity index (χ1v) is 7.36. The quantitative estimate of drug-likeness (QED) is 0.497. The fourth-order valence-electron chi connectivity index (χ4n) is 2.22. The number of carbonyl (C=O) groups is 2. The van der Waals surface area contributed by atoms with E-state index in [2.05, 4.69) is 0 Å². The maximum absolute atomic E-state index is 12.8. The lowest BCUT2D eigenvalue weighted by Crippen LogP contribution is -2.17. The summed E-state index contributed by atoms with van der Waals surface area (Å²) >= 11 is 0. The number of para-hydroxylation sites is 1. The first-order valence-electron chi connectivity index (χ1n) is 7.36. The van der Waals surface area contributed by atoms with Gasteiger partial charge in [0.15, 0.2) is 17.3 Å². The van der Waals surface area contributed by atoms with Crippen molar-refractivity contribution in [1.82, 2.24) is 0 Å². The number of aromatic hydroxyl groups is 1. The summed E-state index contributed by atoms with van der Waals surface area (Å²) in [5.74, 6) is -1.34. The number of phenolic OH excluding ortho intramolecular Hbond substituents is 1. The van der Waals surface area contributed by atoms with Crippen molar-refractivity contribution in [1.29, 1.82) is 0 Å². The molecule has 24 heavy (non-hydrogen) atoms. The van der Waals surface area contributed by atoms with Crippen LogP contribution in [0.2, 0.25) is 0 Å². The molecule has 3 N–H and O–H groups in total. The maximum Gasteiger partial charge on any atom is 0.339 e. The molecule has 0 heterocycles. The molecule has 0 bridgehead atoms. The third-order valence-corrected chi connectivity index (χ3v) is 3.33. The average Bonchev–Trinajstić information content (AvgIpc) is 2.53. The van der Waals surface area contributed by atoms with Crippen LogP contribution < -0.4 is 10.5 Å². The highest BCUT2D eigenvalue weighted by Crippen LogP contribution is 2.32. The zero-order valence-corrected chi connectivity index (χ0v) is 13.7. The van der Waals surface area contributed by atoms with E-state index >= 15 is 0 Å². The van der Waals surface area contributed by atoms with E-state index in [-0.39, 0.29) is 40.0 Å². The number of hydrogen-bond acceptors (Lipinski definition) is 6. The normalized spacial score (nSPS) is 10.5. The van der Waals surface area contributed by atoms with Crippen molar-refractivity contribution in [3.8, 4) is 11.5 Å². The SMILES string of the molecule is COc1cc(C(=O)OC(C)C)c(C(=O)c2ccccc2N)cc1O. The van der Waals surface area contributed by atoms with Crippen LogP contribution >= 0.6 is 0 Å². The third-order valence-electron chi connectivity index (χ3n) is 3.33. The molecule has 2 aromatic carbocycles. The number of methoxy groups -OCH3 is 1. The van der Waals surface area contributed by atoms with Gasteiger partial charge in [0.2, 0.25) is 0 Å². The number of ketones is 1. The van der Waals surface area contributed by atoms with Gasteiger partial charge in [0.25, 0.3) is 0 Å². The molecule has 0 aliphatic rings. The first kappa shape index (κ1) is 17.3. The molecule has 0 fully saturated rings. The van der Waals surface area contributed by atoms with Gasteiger partial charge in [-0.3, -0.25) is 4.79 Å². The molecule has 2 aromatic rings. The van der Waals surface area contributed by atoms with Crippen molar-refractivity contribution in [2.24, 2.45) is 0 Å². The molecule has 0 aliphatic carbocycles. The summed E-state index contributed by atoms with van der Waals surface area (Å²) in [5, 5.41) is 9.98. The molecule has 0 aliphatic heterocycles. The smallest absolute Gasteiger partial charge is 0.339 e. The van der Waals surface area contributed by atoms with Gasteiger partial charge in [0.05, 0.1) is 18.8 Å². The van der Waals surface area contributed by atoms with E-state index in [1.807, 2.05) is 0 Å². The molecule has 0 radical (unpaired) electrons. The van der Waals surface area contributed by atoms with Crippen LogP contribution in [-0.4, -0.2) is 30.1 Å². The number of hydrogen-bond donors (Lipinski definition) is 2. The molecular weight excluding hydrogens is 310 g/mol. The fraction of sp³-hybridized carbons (Fsp3) is 0.222. The minimum absolute atomic E-state index is 0.00292. The minimum atomic E-state index is -0.679. The van der Waals surface area contributed by atoms with Gasteiger partial charge in [0, 0.05) is 16.8 Å². The standard InChI is InChI=1S/C18H19NO5/c1-10(2)24-18(22)13-9-16(23-3)15(20)8-12(13)17(21)11-6-4-5-7-14(11)19/h4-10,20H,19H2,1-3H3. The van der Waals surface area contributed by atoms with Gasteiger partial charge in [-0.1, -0.05) is 12.1 Å². The Labute approximate surface area is 139 Å². The van der Waals surface area contributed by atoms with E-state index in [9.17, 15) is 14.7 Å². The molecule has 0 saturated heterocycles. The van der Waals surface area contributed by atoms with Crippen molar-refractivity contribution < 1.29 is 24.2 Å². The Bertz CT molecular complexity index is 783. The predicted molar refractivity (Wildman–Crippen MR) is 89.5 cm³/mol. The molecule has 0 saturated carbocycles. The van der Waals surface area contributed by atoms with Gasteiger partial charge in [-0.25, -0.2) is 4.79 Å². The number of esters is 1. The second-order valence-electron chi connectivity index (χ2n) is 5.44. The number of anilines is 1. The minimum Gasteiger partial charge on any atom is -0.504 e. The van der Waals surface area contributed by atoms with Gasteiger partial charge in [-0.05, 0) is 38.1 Å². The number of rotatable bonds is 5. The van der Waals surface area contributed by atoms with E-state index in [0.29, 0.717) is 0 Å². The Morgan fingerprint density at radius 3 is 2.33 bits per heavy atom. The van der Waals surface area contributed by atoms with Crippen molar-refractivity contribution >= 4 is 17.4 Å². The number of benzene rings is 2. The summed E-state index contributed by atoms with van der Waals surface area (Å²) in [6.07, 6.45) is -0.359. The molecule has 0 atom stereocenters. The molecule has 2 rings (SSSR count). The highest BCUT2D eigenvalue weighted by atomic mass is 16.5. The largest absolute Gasteiger partial charge is 0.504 e. The van der Waals surface area contributed by atoms with Crippen LogP contribution in [0.25, 0.3) is 0 Å². The van der Waals surface area contributed by atoms with Crippen LogP contribution in [0.3, 0.4) is 0 Å². The van der Waals surface area contributed by atoms with Crippen LogP contribution in [0.5, 0.6) is 11.5 Å². The Hall–Kier alpha value is -3.02. The number of carbonyl (C=O) groups excluding carboxylic acids is 2. The van der Waals surface area contributed by atoms with Crippen LogP contribution in [0, 0.1) is 0 Å². The zero-order valence-electron chi connectivity index (χ0n) is 13.7. The summed E-state index contributed by atoms with van der Waals surface area (Å²) in [5.41, 5.74) is 6.35. The van der Waals surface area contributed by atoms with Crippen LogP contribution in [-0.2, 0) is 4.74 Å². The Kier molecular flexibility index (Phi) is 5.08. The topological polar surface area (TPSA) is 98.9 Å². The van der Waals surface area contributed by atoms with E-state index in [4.69, 9.17) is 15.2 Å². The van der Waals surface area contributed by atoms with Gasteiger partial charge >= 0.3 is 5.97 Å². The lowest BCUT2D eigenvalue weighted by molar-refractivity contribution is 0.0375. The highest BCUT2D eigenvalue weighted by molar-refractivity contribution is 6.17. The molecule has 6 heteroatoms. The number of nitrogens with two attached hydrogens (primary N) is 1. The molecule has 126 valence electrons. The average molecular weight is 329 g/mol. The number of nitrogen functional groups attached to an aromatic ring is 1. The predicted octanol–water partition coefficient (Wildman–Crippen LogP) is 2.78. The van der Waals surface area contributed by atoms with E-state index in [0.717, 1.165) is 0 Å². The molecular formula is C18H19NO5. The van der Waals surface area contributed by atoms with E-state index in [1.165, 1.54) is 19.2 Å². The van der Waals surface area contributed by atoms with Crippen molar-refractivity contribution in [3.05, 3.63) is 53.1 Å². The third kappa shape index (κ3) is 3.48. The Morgan fingerprint density at radius 1 is 1.08 bits per heavy atom. The summed E-state index contributed by atoms with van der Waals surface area (Å²) in [4.78, 5) is 25.1. The monoisotopic (exact) mass is 329 g/mol. The van der Waals surface area contributed by atoms with Gasteiger partial charge < -0.3 is 20.3 Å². The maximum atomic E-state index is 12.8.